The van der Waals surface area contributed by atoms with Gasteiger partial charge in [-0.25, -0.2) is 0 Å². The monoisotopic (exact) mass is 293 g/mol. The van der Waals surface area contributed by atoms with Gasteiger partial charge in [-0.3, -0.25) is 9.59 Å². The smallest absolute Gasteiger partial charge is 0.303 e. The van der Waals surface area contributed by atoms with Crippen LogP contribution in [0, 0.1) is 5.41 Å². The quantitative estimate of drug-likeness (QED) is 0.686. The lowest BCUT2D eigenvalue weighted by Gasteiger charge is -2.21. The minimum absolute atomic E-state index is 0.0163. The Morgan fingerprint density at radius 2 is 1.86 bits per heavy atom. The second-order valence-electron chi connectivity index (χ2n) is 5.78. The molecule has 0 aliphatic heterocycles. The molecule has 1 aromatic rings. The van der Waals surface area contributed by atoms with Crippen LogP contribution in [0.25, 0.3) is 0 Å². The molecule has 1 rings (SSSR count). The van der Waals surface area contributed by atoms with E-state index in [0.29, 0.717) is 19.6 Å². The van der Waals surface area contributed by atoms with Gasteiger partial charge in [0.25, 0.3) is 0 Å². The van der Waals surface area contributed by atoms with Crippen molar-refractivity contribution in [3.63, 3.8) is 0 Å². The molecule has 0 fully saturated rings. The van der Waals surface area contributed by atoms with Crippen molar-refractivity contribution in [3.8, 4) is 5.75 Å². The molecule has 0 heterocycles. The second kappa shape index (κ2) is 8.29. The third-order valence-corrected chi connectivity index (χ3v) is 2.92. The van der Waals surface area contributed by atoms with Crippen molar-refractivity contribution in [2.45, 2.75) is 33.1 Å². The molecule has 1 amide bonds. The average Bonchev–Trinajstić information content (AvgIpc) is 2.37. The number of hydrogen-bond donors (Lipinski definition) is 2. The van der Waals surface area contributed by atoms with E-state index in [-0.39, 0.29) is 18.7 Å². The van der Waals surface area contributed by atoms with Crippen molar-refractivity contribution >= 4 is 11.9 Å². The fourth-order valence-corrected chi connectivity index (χ4v) is 1.98. The zero-order valence-corrected chi connectivity index (χ0v) is 12.6. The van der Waals surface area contributed by atoms with E-state index in [2.05, 4.69) is 5.32 Å². The number of carbonyl (C=O) groups excluding carboxylic acids is 1. The Kier molecular flexibility index (Phi) is 6.72. The molecule has 0 bridgehead atoms. The number of rotatable bonds is 9. The van der Waals surface area contributed by atoms with Crippen molar-refractivity contribution < 1.29 is 19.4 Å². The SMILES string of the molecule is CC(C)(CC(=O)O)CC(=O)NCCCOc1ccccc1. The van der Waals surface area contributed by atoms with Crippen LogP contribution in [0.1, 0.15) is 33.1 Å². The molecule has 2 N–H and O–H groups in total. The first-order valence-electron chi connectivity index (χ1n) is 7.05. The summed E-state index contributed by atoms with van der Waals surface area (Å²) in [6, 6.07) is 9.50. The average molecular weight is 293 g/mol. The molecule has 0 radical (unpaired) electrons. The third-order valence-electron chi connectivity index (χ3n) is 2.92. The summed E-state index contributed by atoms with van der Waals surface area (Å²) in [7, 11) is 0. The normalized spacial score (nSPS) is 11.0. The van der Waals surface area contributed by atoms with Crippen LogP contribution in [0.4, 0.5) is 0 Å². The van der Waals surface area contributed by atoms with Gasteiger partial charge >= 0.3 is 5.97 Å². The van der Waals surface area contributed by atoms with E-state index in [1.165, 1.54) is 0 Å². The lowest BCUT2D eigenvalue weighted by atomic mass is 9.85. The van der Waals surface area contributed by atoms with E-state index in [0.717, 1.165) is 5.75 Å². The summed E-state index contributed by atoms with van der Waals surface area (Å²) < 4.78 is 5.51. The minimum atomic E-state index is -0.885. The van der Waals surface area contributed by atoms with Crippen LogP contribution in [0.5, 0.6) is 5.75 Å². The van der Waals surface area contributed by atoms with Gasteiger partial charge in [-0.05, 0) is 24.0 Å². The lowest BCUT2D eigenvalue weighted by Crippen LogP contribution is -2.31. The first-order chi connectivity index (χ1) is 9.89. The molecule has 0 aliphatic rings. The zero-order chi connectivity index (χ0) is 15.7. The van der Waals surface area contributed by atoms with Crippen molar-refractivity contribution in [2.24, 2.45) is 5.41 Å². The van der Waals surface area contributed by atoms with Gasteiger partial charge < -0.3 is 15.2 Å². The van der Waals surface area contributed by atoms with Gasteiger partial charge in [-0.1, -0.05) is 32.0 Å². The van der Waals surface area contributed by atoms with Gasteiger partial charge in [0.05, 0.1) is 13.0 Å². The highest BCUT2D eigenvalue weighted by Crippen LogP contribution is 2.24. The second-order valence-corrected chi connectivity index (χ2v) is 5.78. The first-order valence-corrected chi connectivity index (χ1v) is 7.05. The van der Waals surface area contributed by atoms with Gasteiger partial charge in [0.1, 0.15) is 5.75 Å². The molecule has 0 saturated carbocycles. The van der Waals surface area contributed by atoms with E-state index < -0.39 is 11.4 Å². The molecular weight excluding hydrogens is 270 g/mol. The summed E-state index contributed by atoms with van der Waals surface area (Å²) in [5.41, 5.74) is -0.531. The van der Waals surface area contributed by atoms with Crippen molar-refractivity contribution in [3.05, 3.63) is 30.3 Å². The van der Waals surface area contributed by atoms with Crippen molar-refractivity contribution in [1.29, 1.82) is 0 Å². The Morgan fingerprint density at radius 1 is 1.19 bits per heavy atom. The molecule has 0 unspecified atom stereocenters. The van der Waals surface area contributed by atoms with E-state index >= 15 is 0 Å². The Balaban J connectivity index is 2.15. The number of hydrogen-bond acceptors (Lipinski definition) is 3. The predicted octanol–water partition coefficient (Wildman–Crippen LogP) is 2.46. The molecule has 5 heteroatoms. The van der Waals surface area contributed by atoms with Gasteiger partial charge in [0.2, 0.25) is 5.91 Å². The van der Waals surface area contributed by atoms with Gasteiger partial charge in [-0.2, -0.15) is 0 Å². The topological polar surface area (TPSA) is 75.6 Å². The number of para-hydroxylation sites is 1. The number of amides is 1. The number of carbonyl (C=O) groups is 2. The number of aliphatic carboxylic acids is 1. The van der Waals surface area contributed by atoms with Gasteiger partial charge in [-0.15, -0.1) is 0 Å². The molecule has 5 nitrogen and oxygen atoms in total. The van der Waals surface area contributed by atoms with Crippen LogP contribution in [-0.4, -0.2) is 30.1 Å². The molecule has 0 aromatic heterocycles. The molecule has 0 spiro atoms. The van der Waals surface area contributed by atoms with Crippen LogP contribution < -0.4 is 10.1 Å². The van der Waals surface area contributed by atoms with Crippen molar-refractivity contribution in [2.75, 3.05) is 13.2 Å². The number of carboxylic acid groups (broad SMARTS) is 1. The highest BCUT2D eigenvalue weighted by Gasteiger charge is 2.24. The fraction of sp³-hybridized carbons (Fsp3) is 0.500. The maximum atomic E-state index is 11.7. The van der Waals surface area contributed by atoms with Crippen molar-refractivity contribution in [1.82, 2.24) is 5.32 Å². The highest BCUT2D eigenvalue weighted by atomic mass is 16.5. The summed E-state index contributed by atoms with van der Waals surface area (Å²) >= 11 is 0. The van der Waals surface area contributed by atoms with Gasteiger partial charge in [0.15, 0.2) is 0 Å². The maximum Gasteiger partial charge on any atom is 0.303 e. The van der Waals surface area contributed by atoms with Crippen LogP contribution in [0.3, 0.4) is 0 Å². The zero-order valence-electron chi connectivity index (χ0n) is 12.6. The van der Waals surface area contributed by atoms with Crippen LogP contribution in [-0.2, 0) is 9.59 Å². The maximum absolute atomic E-state index is 11.7. The summed E-state index contributed by atoms with van der Waals surface area (Å²) in [5.74, 6) is -0.198. The Hall–Kier alpha value is -2.04. The van der Waals surface area contributed by atoms with Crippen LogP contribution in [0.15, 0.2) is 30.3 Å². The Morgan fingerprint density at radius 3 is 2.48 bits per heavy atom. The number of ether oxygens (including phenoxy) is 1. The number of benzene rings is 1. The number of carboxylic acids is 1. The Labute approximate surface area is 125 Å². The largest absolute Gasteiger partial charge is 0.494 e. The summed E-state index contributed by atoms with van der Waals surface area (Å²) in [4.78, 5) is 22.4. The summed E-state index contributed by atoms with van der Waals surface area (Å²) in [6.07, 6.45) is 0.899. The predicted molar refractivity (Wildman–Crippen MR) is 80.2 cm³/mol. The van der Waals surface area contributed by atoms with E-state index in [1.54, 1.807) is 13.8 Å². The molecular formula is C16H23NO4. The molecule has 0 saturated heterocycles. The summed E-state index contributed by atoms with van der Waals surface area (Å²) in [5, 5.41) is 11.6. The standard InChI is InChI=1S/C16H23NO4/c1-16(2,12-15(19)20)11-14(18)17-9-6-10-21-13-7-4-3-5-8-13/h3-5,7-8H,6,9-12H2,1-2H3,(H,17,18)(H,19,20). The third kappa shape index (κ3) is 7.97. The Bertz CT molecular complexity index is 457. The highest BCUT2D eigenvalue weighted by molar-refractivity contribution is 5.77. The van der Waals surface area contributed by atoms with E-state index in [4.69, 9.17) is 9.84 Å². The molecule has 1 aromatic carbocycles. The minimum Gasteiger partial charge on any atom is -0.494 e. The van der Waals surface area contributed by atoms with Crippen LogP contribution >= 0.6 is 0 Å². The molecule has 21 heavy (non-hydrogen) atoms. The van der Waals surface area contributed by atoms with E-state index in [1.807, 2.05) is 30.3 Å². The summed E-state index contributed by atoms with van der Waals surface area (Å²) in [6.45, 7) is 4.61. The fourth-order valence-electron chi connectivity index (χ4n) is 1.98. The van der Waals surface area contributed by atoms with E-state index in [9.17, 15) is 9.59 Å². The number of nitrogens with one attached hydrogen (secondary N) is 1. The molecule has 0 atom stereocenters. The molecule has 0 aliphatic carbocycles. The molecule has 116 valence electrons. The first kappa shape index (κ1) is 17.0. The lowest BCUT2D eigenvalue weighted by molar-refractivity contribution is -0.139. The van der Waals surface area contributed by atoms with Crippen LogP contribution in [0.2, 0.25) is 0 Å². The van der Waals surface area contributed by atoms with Gasteiger partial charge in [0, 0.05) is 13.0 Å².